The molecule has 3 heterocycles. The van der Waals surface area contributed by atoms with Crippen molar-refractivity contribution in [2.45, 2.75) is 16.1 Å². The third kappa shape index (κ3) is 4.93. The number of hydrogen-bond acceptors (Lipinski definition) is 6. The number of fused-ring (bicyclic) bond motifs is 1. The number of nitrogens with zero attached hydrogens (tertiary/aromatic N) is 2. The number of benzene rings is 1. The van der Waals surface area contributed by atoms with Gasteiger partial charge in [0.2, 0.25) is 0 Å². The fourth-order valence-electron chi connectivity index (χ4n) is 3.44. The molecule has 0 atom stereocenters. The van der Waals surface area contributed by atoms with Gasteiger partial charge in [-0.25, -0.2) is 13.4 Å². The summed E-state index contributed by atoms with van der Waals surface area (Å²) in [5.74, 6) is -0.148. The molecule has 1 fully saturated rings. The minimum Gasteiger partial charge on any atom is -0.354 e. The molecule has 1 aliphatic heterocycles. The van der Waals surface area contributed by atoms with E-state index in [1.807, 2.05) is 0 Å². The molecule has 0 unspecified atom stereocenters. The highest BCUT2D eigenvalue weighted by Gasteiger charge is 2.36. The Bertz CT molecular complexity index is 1190. The van der Waals surface area contributed by atoms with Crippen LogP contribution in [0.15, 0.2) is 40.7 Å². The molecular weight excluding hydrogens is 494 g/mol. The Morgan fingerprint density at radius 2 is 1.90 bits per heavy atom. The minimum absolute atomic E-state index is 0. The summed E-state index contributed by atoms with van der Waals surface area (Å²) in [4.78, 5) is 6.48. The van der Waals surface area contributed by atoms with Crippen molar-refractivity contribution in [2.24, 2.45) is 0 Å². The maximum Gasteiger partial charge on any atom is 0.416 e. The molecule has 12 heteroatoms. The fourth-order valence-corrected chi connectivity index (χ4v) is 6.63. The molecule has 0 amide bonds. The van der Waals surface area contributed by atoms with E-state index in [0.717, 1.165) is 49.6 Å². The van der Waals surface area contributed by atoms with E-state index in [-0.39, 0.29) is 21.6 Å². The molecule has 2 aromatic heterocycles. The number of halogens is 5. The average molecular weight is 512 g/mol. The maximum atomic E-state index is 13.4. The quantitative estimate of drug-likeness (QED) is 0.546. The molecule has 0 radical (unpaired) electrons. The molecule has 31 heavy (non-hydrogen) atoms. The highest BCUT2D eigenvalue weighted by Crippen LogP contribution is 2.39. The summed E-state index contributed by atoms with van der Waals surface area (Å²) >= 11 is 6.98. The van der Waals surface area contributed by atoms with Crippen molar-refractivity contribution in [1.82, 2.24) is 10.3 Å². The van der Waals surface area contributed by atoms with Gasteiger partial charge in [-0.2, -0.15) is 13.2 Å². The van der Waals surface area contributed by atoms with Gasteiger partial charge in [0.1, 0.15) is 10.0 Å². The Hall–Kier alpha value is -1.59. The van der Waals surface area contributed by atoms with E-state index >= 15 is 0 Å². The molecule has 0 spiro atoms. The second-order valence-corrected chi connectivity index (χ2v) is 10.6. The second kappa shape index (κ2) is 9.11. The lowest BCUT2D eigenvalue weighted by molar-refractivity contribution is -0.138. The van der Waals surface area contributed by atoms with E-state index in [9.17, 15) is 21.6 Å². The van der Waals surface area contributed by atoms with Crippen molar-refractivity contribution in [3.63, 3.8) is 0 Å². The van der Waals surface area contributed by atoms with E-state index < -0.39 is 32.9 Å². The van der Waals surface area contributed by atoms with Crippen molar-refractivity contribution >= 4 is 61.1 Å². The molecule has 4 rings (SSSR count). The summed E-state index contributed by atoms with van der Waals surface area (Å²) in [5.41, 5.74) is -1.48. The number of piperazine rings is 1. The first-order valence-corrected chi connectivity index (χ1v) is 11.9. The third-order valence-corrected chi connectivity index (χ3v) is 8.54. The normalized spacial score (nSPS) is 15.2. The van der Waals surface area contributed by atoms with Crippen molar-refractivity contribution in [1.29, 1.82) is 0 Å². The average Bonchev–Trinajstić information content (AvgIpc) is 3.15. The molecule has 0 saturated carbocycles. The second-order valence-electron chi connectivity index (χ2n) is 6.87. The van der Waals surface area contributed by atoms with Crippen molar-refractivity contribution < 1.29 is 21.6 Å². The first kappa shape index (κ1) is 24.1. The van der Waals surface area contributed by atoms with Crippen LogP contribution >= 0.6 is 35.3 Å². The van der Waals surface area contributed by atoms with Gasteiger partial charge >= 0.3 is 6.18 Å². The van der Waals surface area contributed by atoms with Crippen LogP contribution in [0.1, 0.15) is 11.1 Å². The molecule has 1 N–H and O–H groups in total. The third-order valence-electron chi connectivity index (χ3n) is 4.88. The number of rotatable bonds is 4. The van der Waals surface area contributed by atoms with Crippen LogP contribution in [0.3, 0.4) is 0 Å². The van der Waals surface area contributed by atoms with Gasteiger partial charge in [-0.3, -0.25) is 0 Å². The lowest BCUT2D eigenvalue weighted by Crippen LogP contribution is -2.43. The van der Waals surface area contributed by atoms with E-state index in [0.29, 0.717) is 15.9 Å². The number of aromatic nitrogens is 1. The zero-order chi connectivity index (χ0) is 21.5. The van der Waals surface area contributed by atoms with Crippen LogP contribution in [-0.2, 0) is 21.8 Å². The van der Waals surface area contributed by atoms with Gasteiger partial charge in [0.15, 0.2) is 9.84 Å². The Kier molecular flexibility index (Phi) is 7.07. The zero-order valence-corrected chi connectivity index (χ0v) is 19.2. The number of hydrogen-bond donors (Lipinski definition) is 1. The van der Waals surface area contributed by atoms with Crippen LogP contribution in [0.5, 0.6) is 0 Å². The molecule has 1 aliphatic rings. The Morgan fingerprint density at radius 1 is 1.19 bits per heavy atom. The van der Waals surface area contributed by atoms with Crippen LogP contribution in [0.4, 0.5) is 19.0 Å². The summed E-state index contributed by atoms with van der Waals surface area (Å²) in [5, 5.41) is 3.70. The molecule has 0 bridgehead atoms. The zero-order valence-electron chi connectivity index (χ0n) is 15.9. The predicted molar refractivity (Wildman–Crippen MR) is 119 cm³/mol. The van der Waals surface area contributed by atoms with Gasteiger partial charge in [-0.1, -0.05) is 17.7 Å². The SMILES string of the molecule is Cl.O=S(=O)(Cc1c(Cl)cccc1C(F)(F)F)c1cc2c(N3CCNCC3)nccc2s1. The number of pyridine rings is 1. The van der Waals surface area contributed by atoms with Crippen LogP contribution in [0.2, 0.25) is 5.02 Å². The maximum absolute atomic E-state index is 13.4. The lowest BCUT2D eigenvalue weighted by atomic mass is 10.1. The molecule has 1 saturated heterocycles. The summed E-state index contributed by atoms with van der Waals surface area (Å²) in [7, 11) is -4.05. The highest BCUT2D eigenvalue weighted by molar-refractivity contribution is 7.92. The van der Waals surface area contributed by atoms with Crippen LogP contribution in [0, 0.1) is 0 Å². The van der Waals surface area contributed by atoms with E-state index in [1.54, 1.807) is 12.3 Å². The van der Waals surface area contributed by atoms with Gasteiger partial charge in [0.05, 0.1) is 11.3 Å². The first-order valence-electron chi connectivity index (χ1n) is 9.08. The van der Waals surface area contributed by atoms with Gasteiger partial charge in [0.25, 0.3) is 0 Å². The van der Waals surface area contributed by atoms with E-state index in [4.69, 9.17) is 11.6 Å². The Balaban J connectivity index is 0.00000272. The van der Waals surface area contributed by atoms with E-state index in [1.165, 1.54) is 12.1 Å². The van der Waals surface area contributed by atoms with Gasteiger partial charge in [-0.15, -0.1) is 23.7 Å². The minimum atomic E-state index is -4.70. The Morgan fingerprint density at radius 3 is 2.58 bits per heavy atom. The van der Waals surface area contributed by atoms with Gasteiger partial charge < -0.3 is 10.2 Å². The van der Waals surface area contributed by atoms with Gasteiger partial charge in [0, 0.05) is 47.5 Å². The molecular formula is C19H18Cl2F3N3O2S2. The number of anilines is 1. The molecule has 5 nitrogen and oxygen atoms in total. The van der Waals surface area contributed by atoms with E-state index in [2.05, 4.69) is 15.2 Å². The van der Waals surface area contributed by atoms with Crippen LogP contribution < -0.4 is 10.2 Å². The smallest absolute Gasteiger partial charge is 0.354 e. The number of alkyl halides is 3. The van der Waals surface area contributed by atoms with Crippen molar-refractivity contribution in [3.05, 3.63) is 52.7 Å². The fraction of sp³-hybridized carbons (Fsp3) is 0.316. The molecule has 168 valence electrons. The first-order chi connectivity index (χ1) is 14.2. The number of thiophene rings is 1. The number of nitrogens with one attached hydrogen (secondary N) is 1. The van der Waals surface area contributed by atoms with Crippen molar-refractivity contribution in [3.8, 4) is 0 Å². The molecule has 1 aromatic carbocycles. The van der Waals surface area contributed by atoms with Crippen LogP contribution in [-0.4, -0.2) is 39.6 Å². The highest BCUT2D eigenvalue weighted by atomic mass is 35.5. The van der Waals surface area contributed by atoms with Crippen molar-refractivity contribution in [2.75, 3.05) is 31.1 Å². The molecule has 0 aliphatic carbocycles. The van der Waals surface area contributed by atoms with Gasteiger partial charge in [-0.05, 0) is 29.8 Å². The lowest BCUT2D eigenvalue weighted by Gasteiger charge is -2.28. The summed E-state index contributed by atoms with van der Waals surface area (Å²) < 4.78 is 66.9. The predicted octanol–water partition coefficient (Wildman–Crippen LogP) is 4.77. The monoisotopic (exact) mass is 511 g/mol. The summed E-state index contributed by atoms with van der Waals surface area (Å²) in [6.45, 7) is 3.05. The standard InChI is InChI=1S/C19H17ClF3N3O2S2.ClH/c20-15-3-1-2-14(19(21,22)23)13(15)11-30(27,28)17-10-12-16(29-17)4-5-25-18(12)26-8-6-24-7-9-26;/h1-5,10,24H,6-9,11H2;1H. The molecule has 3 aromatic rings. The van der Waals surface area contributed by atoms with Crippen LogP contribution in [0.25, 0.3) is 10.1 Å². The topological polar surface area (TPSA) is 62.3 Å². The summed E-state index contributed by atoms with van der Waals surface area (Å²) in [6, 6.07) is 6.48. The largest absolute Gasteiger partial charge is 0.416 e. The number of sulfone groups is 1. The Labute approximate surface area is 192 Å². The summed E-state index contributed by atoms with van der Waals surface area (Å²) in [6.07, 6.45) is -3.09.